The lowest BCUT2D eigenvalue weighted by Gasteiger charge is -2.07. The molecule has 0 aliphatic rings. The van der Waals surface area contributed by atoms with Crippen molar-refractivity contribution in [1.82, 2.24) is 0 Å². The molecule has 0 spiro atoms. The minimum Gasteiger partial charge on any atom is -0.494 e. The molecule has 88 valence electrons. The second-order valence-electron chi connectivity index (χ2n) is 3.45. The summed E-state index contributed by atoms with van der Waals surface area (Å²) in [6.45, 7) is 0. The molecule has 2 aromatic rings. The van der Waals surface area contributed by atoms with Crippen molar-refractivity contribution >= 4 is 0 Å². The maximum atomic E-state index is 13.8. The van der Waals surface area contributed by atoms with Crippen LogP contribution in [-0.4, -0.2) is 7.11 Å². The summed E-state index contributed by atoms with van der Waals surface area (Å²) in [5.41, 5.74) is 0.434. The predicted molar refractivity (Wildman–Crippen MR) is 58.3 cm³/mol. The predicted octanol–water partition coefficient (Wildman–Crippen LogP) is 3.78. The molecular weight excluding hydrogens is 229 g/mol. The smallest absolute Gasteiger partial charge is 0.172 e. The Morgan fingerprint density at radius 3 is 2.35 bits per heavy atom. The van der Waals surface area contributed by atoms with Gasteiger partial charge in [0.2, 0.25) is 0 Å². The number of hydrogen-bond acceptors (Lipinski definition) is 1. The van der Waals surface area contributed by atoms with Gasteiger partial charge in [-0.3, -0.25) is 0 Å². The molecule has 0 aliphatic carbocycles. The van der Waals surface area contributed by atoms with E-state index in [2.05, 4.69) is 0 Å². The molecule has 17 heavy (non-hydrogen) atoms. The molecule has 0 unspecified atom stereocenters. The van der Waals surface area contributed by atoms with Gasteiger partial charge in [0.15, 0.2) is 23.2 Å². The number of benzene rings is 2. The maximum absolute atomic E-state index is 13.8. The van der Waals surface area contributed by atoms with E-state index in [9.17, 15) is 13.2 Å². The molecule has 2 rings (SSSR count). The molecule has 0 atom stereocenters. The first-order valence-corrected chi connectivity index (χ1v) is 4.91. The van der Waals surface area contributed by atoms with Crippen LogP contribution in [0.25, 0.3) is 11.1 Å². The molecule has 1 nitrogen and oxygen atoms in total. The van der Waals surface area contributed by atoms with Crippen molar-refractivity contribution in [3.05, 3.63) is 53.8 Å². The second-order valence-corrected chi connectivity index (χ2v) is 3.45. The molecule has 0 radical (unpaired) electrons. The van der Waals surface area contributed by atoms with Crippen molar-refractivity contribution in [2.75, 3.05) is 7.11 Å². The summed E-state index contributed by atoms with van der Waals surface area (Å²) in [6, 6.07) is 7.74. The molecule has 0 heterocycles. The van der Waals surface area contributed by atoms with Crippen LogP contribution in [0.3, 0.4) is 0 Å². The lowest BCUT2D eigenvalue weighted by atomic mass is 10.0. The van der Waals surface area contributed by atoms with Crippen LogP contribution >= 0.6 is 0 Å². The number of hydrogen-bond donors (Lipinski definition) is 0. The van der Waals surface area contributed by atoms with E-state index in [1.165, 1.54) is 25.3 Å². The summed E-state index contributed by atoms with van der Waals surface area (Å²) in [6.07, 6.45) is 0. The van der Waals surface area contributed by atoms with E-state index >= 15 is 0 Å². The molecule has 0 aliphatic heterocycles. The Kier molecular flexibility index (Phi) is 3.04. The van der Waals surface area contributed by atoms with Crippen LogP contribution in [-0.2, 0) is 0 Å². The first-order chi connectivity index (χ1) is 8.13. The van der Waals surface area contributed by atoms with E-state index in [1.807, 2.05) is 0 Å². The highest BCUT2D eigenvalue weighted by Crippen LogP contribution is 2.29. The molecule has 0 N–H and O–H groups in total. The van der Waals surface area contributed by atoms with E-state index in [4.69, 9.17) is 4.74 Å². The third-order valence-electron chi connectivity index (χ3n) is 2.41. The summed E-state index contributed by atoms with van der Waals surface area (Å²) in [7, 11) is 1.34. The van der Waals surface area contributed by atoms with Gasteiger partial charge in [-0.2, -0.15) is 0 Å². The minimum atomic E-state index is -1.01. The fourth-order valence-corrected chi connectivity index (χ4v) is 1.56. The van der Waals surface area contributed by atoms with Crippen LogP contribution in [0.5, 0.6) is 5.75 Å². The lowest BCUT2D eigenvalue weighted by molar-refractivity contribution is 0.387. The highest BCUT2D eigenvalue weighted by atomic mass is 19.2. The van der Waals surface area contributed by atoms with Crippen LogP contribution < -0.4 is 4.74 Å². The van der Waals surface area contributed by atoms with Crippen LogP contribution in [0.1, 0.15) is 0 Å². The van der Waals surface area contributed by atoms with E-state index in [0.717, 1.165) is 12.1 Å². The summed E-state index contributed by atoms with van der Waals surface area (Å²) in [4.78, 5) is 0. The average molecular weight is 238 g/mol. The first kappa shape index (κ1) is 11.5. The average Bonchev–Trinajstić information content (AvgIpc) is 2.33. The van der Waals surface area contributed by atoms with Crippen LogP contribution in [0, 0.1) is 17.5 Å². The Bertz CT molecular complexity index is 552. The first-order valence-electron chi connectivity index (χ1n) is 4.91. The van der Waals surface area contributed by atoms with Crippen LogP contribution in [0.15, 0.2) is 36.4 Å². The topological polar surface area (TPSA) is 9.23 Å². The van der Waals surface area contributed by atoms with Gasteiger partial charge >= 0.3 is 0 Å². The molecular formula is C13H9F3O. The molecule has 4 heteroatoms. The van der Waals surface area contributed by atoms with Gasteiger partial charge in [-0.05, 0) is 23.8 Å². The summed E-state index contributed by atoms with van der Waals surface area (Å²) >= 11 is 0. The number of ether oxygens (including phenoxy) is 1. The third-order valence-corrected chi connectivity index (χ3v) is 2.41. The fourth-order valence-electron chi connectivity index (χ4n) is 1.56. The van der Waals surface area contributed by atoms with E-state index < -0.39 is 17.5 Å². The molecule has 0 bridgehead atoms. The van der Waals surface area contributed by atoms with Crippen LogP contribution in [0.2, 0.25) is 0 Å². The lowest BCUT2D eigenvalue weighted by Crippen LogP contribution is -1.92. The van der Waals surface area contributed by atoms with Gasteiger partial charge in [0.25, 0.3) is 0 Å². The van der Waals surface area contributed by atoms with Gasteiger partial charge < -0.3 is 4.74 Å². The quantitative estimate of drug-likeness (QED) is 0.773. The van der Waals surface area contributed by atoms with Crippen LogP contribution in [0.4, 0.5) is 13.2 Å². The molecule has 0 amide bonds. The molecule has 0 aromatic heterocycles. The van der Waals surface area contributed by atoms with Gasteiger partial charge in [-0.1, -0.05) is 18.2 Å². The van der Waals surface area contributed by atoms with E-state index in [-0.39, 0.29) is 16.9 Å². The molecule has 0 fully saturated rings. The van der Waals surface area contributed by atoms with E-state index in [0.29, 0.717) is 0 Å². The molecule has 2 aromatic carbocycles. The molecule has 0 saturated heterocycles. The largest absolute Gasteiger partial charge is 0.494 e. The zero-order valence-corrected chi connectivity index (χ0v) is 9.01. The van der Waals surface area contributed by atoms with Crippen molar-refractivity contribution in [2.24, 2.45) is 0 Å². The van der Waals surface area contributed by atoms with Crippen molar-refractivity contribution in [3.8, 4) is 16.9 Å². The monoisotopic (exact) mass is 238 g/mol. The summed E-state index contributed by atoms with van der Waals surface area (Å²) in [5, 5.41) is 0. The van der Waals surface area contributed by atoms with Gasteiger partial charge in [-0.25, -0.2) is 13.2 Å². The normalized spacial score (nSPS) is 10.4. The highest BCUT2D eigenvalue weighted by molar-refractivity contribution is 5.66. The standard InChI is InChI=1S/C13H9F3O/c1-17-12-4-2-3-9(13(12)16)8-5-6-10(14)11(15)7-8/h2-7H,1H3. The van der Waals surface area contributed by atoms with Gasteiger partial charge in [-0.15, -0.1) is 0 Å². The summed E-state index contributed by atoms with van der Waals surface area (Å²) < 4.78 is 44.5. The Morgan fingerprint density at radius 2 is 1.71 bits per heavy atom. The Labute approximate surface area is 96.5 Å². The SMILES string of the molecule is COc1cccc(-c2ccc(F)c(F)c2)c1F. The summed E-state index contributed by atoms with van der Waals surface area (Å²) in [5.74, 6) is -2.50. The Balaban J connectivity index is 2.56. The Hall–Kier alpha value is -1.97. The van der Waals surface area contributed by atoms with Crippen molar-refractivity contribution < 1.29 is 17.9 Å². The minimum absolute atomic E-state index is 0.0623. The van der Waals surface area contributed by atoms with Crippen molar-refractivity contribution in [1.29, 1.82) is 0 Å². The fraction of sp³-hybridized carbons (Fsp3) is 0.0769. The van der Waals surface area contributed by atoms with Gasteiger partial charge in [0.05, 0.1) is 7.11 Å². The van der Waals surface area contributed by atoms with Crippen molar-refractivity contribution in [2.45, 2.75) is 0 Å². The van der Waals surface area contributed by atoms with Gasteiger partial charge in [0, 0.05) is 5.56 Å². The number of methoxy groups -OCH3 is 1. The maximum Gasteiger partial charge on any atom is 0.172 e. The number of rotatable bonds is 2. The van der Waals surface area contributed by atoms with Crippen molar-refractivity contribution in [3.63, 3.8) is 0 Å². The zero-order chi connectivity index (χ0) is 12.4. The second kappa shape index (κ2) is 4.49. The van der Waals surface area contributed by atoms with E-state index in [1.54, 1.807) is 6.07 Å². The van der Waals surface area contributed by atoms with Gasteiger partial charge in [0.1, 0.15) is 0 Å². The Morgan fingerprint density at radius 1 is 0.941 bits per heavy atom. The molecule has 0 saturated carbocycles. The number of halogens is 3. The third kappa shape index (κ3) is 2.11. The highest BCUT2D eigenvalue weighted by Gasteiger charge is 2.12. The zero-order valence-electron chi connectivity index (χ0n) is 9.01.